The van der Waals surface area contributed by atoms with Crippen LogP contribution in [-0.4, -0.2) is 58.3 Å². The number of anilines is 2. The zero-order valence-electron chi connectivity index (χ0n) is 15.8. The number of H-pyrrole nitrogens is 1. The second kappa shape index (κ2) is 7.61. The summed E-state index contributed by atoms with van der Waals surface area (Å²) in [6, 6.07) is 2.49. The first kappa shape index (κ1) is 17.3. The molecule has 0 bridgehead atoms. The molecule has 1 fully saturated rings. The number of likely N-dealkylation sites (tertiary alicyclic amines) is 1. The van der Waals surface area contributed by atoms with Crippen LogP contribution < -0.4 is 10.2 Å². The Kier molecular flexibility index (Phi) is 5.06. The molecule has 0 unspecified atom stereocenters. The Morgan fingerprint density at radius 3 is 2.81 bits per heavy atom. The standard InChI is InChI=1S/C19H29N7/c1-25(2)19-11-18(20-13-21-19)22-14-7-9-26(10-8-14)12-17-15-5-3-4-6-16(15)23-24-17/h11,13-14H,3-10,12H2,1-2H3,(H,23,24)(H,20,21,22). The van der Waals surface area contributed by atoms with E-state index < -0.39 is 0 Å². The number of nitrogens with zero attached hydrogens (tertiary/aromatic N) is 5. The smallest absolute Gasteiger partial charge is 0.133 e. The minimum absolute atomic E-state index is 0.476. The van der Waals surface area contributed by atoms with Crippen molar-refractivity contribution in [3.8, 4) is 0 Å². The number of hydrogen-bond acceptors (Lipinski definition) is 6. The highest BCUT2D eigenvalue weighted by Crippen LogP contribution is 2.24. The van der Waals surface area contributed by atoms with Crippen LogP contribution in [0.3, 0.4) is 0 Å². The third-order valence-corrected chi connectivity index (χ3v) is 5.57. The van der Waals surface area contributed by atoms with Crippen molar-refractivity contribution in [3.63, 3.8) is 0 Å². The van der Waals surface area contributed by atoms with Gasteiger partial charge in [-0.1, -0.05) is 0 Å². The quantitative estimate of drug-likeness (QED) is 0.857. The van der Waals surface area contributed by atoms with E-state index in [1.807, 2.05) is 25.1 Å². The van der Waals surface area contributed by atoms with Crippen LogP contribution in [0.15, 0.2) is 12.4 Å². The Bertz CT molecular complexity index is 731. The van der Waals surface area contributed by atoms with E-state index in [0.717, 1.165) is 44.1 Å². The van der Waals surface area contributed by atoms with Crippen LogP contribution in [0.25, 0.3) is 0 Å². The molecule has 0 spiro atoms. The summed E-state index contributed by atoms with van der Waals surface area (Å²) in [5.41, 5.74) is 4.15. The second-order valence-electron chi connectivity index (χ2n) is 7.69. The molecule has 7 heteroatoms. The van der Waals surface area contributed by atoms with E-state index in [-0.39, 0.29) is 0 Å². The molecule has 2 aromatic heterocycles. The molecule has 0 atom stereocenters. The van der Waals surface area contributed by atoms with Crippen molar-refractivity contribution in [1.29, 1.82) is 0 Å². The van der Waals surface area contributed by atoms with E-state index in [0.29, 0.717) is 6.04 Å². The van der Waals surface area contributed by atoms with Gasteiger partial charge in [0.05, 0.1) is 5.69 Å². The van der Waals surface area contributed by atoms with Gasteiger partial charge in [0.15, 0.2) is 0 Å². The van der Waals surface area contributed by atoms with Crippen molar-refractivity contribution in [1.82, 2.24) is 25.1 Å². The number of aryl methyl sites for hydroxylation is 1. The number of fused-ring (bicyclic) bond motifs is 1. The maximum Gasteiger partial charge on any atom is 0.133 e. The number of aromatic nitrogens is 4. The number of nitrogens with one attached hydrogen (secondary N) is 2. The van der Waals surface area contributed by atoms with Crippen LogP contribution >= 0.6 is 0 Å². The van der Waals surface area contributed by atoms with Crippen molar-refractivity contribution in [3.05, 3.63) is 29.3 Å². The van der Waals surface area contributed by atoms with Gasteiger partial charge in [-0.3, -0.25) is 10.00 Å². The highest BCUT2D eigenvalue weighted by atomic mass is 15.2. The van der Waals surface area contributed by atoms with E-state index >= 15 is 0 Å². The molecule has 4 rings (SSSR count). The lowest BCUT2D eigenvalue weighted by Gasteiger charge is -2.32. The van der Waals surface area contributed by atoms with E-state index in [1.165, 1.54) is 42.6 Å². The first-order valence-electron chi connectivity index (χ1n) is 9.72. The van der Waals surface area contributed by atoms with Crippen LogP contribution in [-0.2, 0) is 19.4 Å². The van der Waals surface area contributed by atoms with Gasteiger partial charge in [0.2, 0.25) is 0 Å². The highest BCUT2D eigenvalue weighted by Gasteiger charge is 2.23. The molecule has 0 aromatic carbocycles. The van der Waals surface area contributed by atoms with Crippen molar-refractivity contribution in [2.45, 2.75) is 51.1 Å². The van der Waals surface area contributed by atoms with Crippen molar-refractivity contribution in [2.24, 2.45) is 0 Å². The zero-order valence-corrected chi connectivity index (χ0v) is 15.8. The Hall–Kier alpha value is -2.15. The highest BCUT2D eigenvalue weighted by molar-refractivity contribution is 5.47. The summed E-state index contributed by atoms with van der Waals surface area (Å²) < 4.78 is 0. The SMILES string of the molecule is CN(C)c1cc(NC2CCN(Cc3n[nH]c4c3CCCC4)CC2)ncn1. The van der Waals surface area contributed by atoms with Crippen molar-refractivity contribution < 1.29 is 0 Å². The molecule has 0 saturated carbocycles. The van der Waals surface area contributed by atoms with Gasteiger partial charge in [0, 0.05) is 51.5 Å². The normalized spacial score (nSPS) is 18.5. The van der Waals surface area contributed by atoms with Crippen molar-refractivity contribution in [2.75, 3.05) is 37.4 Å². The van der Waals surface area contributed by atoms with Gasteiger partial charge in [-0.15, -0.1) is 0 Å². The second-order valence-corrected chi connectivity index (χ2v) is 7.69. The number of hydrogen-bond donors (Lipinski definition) is 2. The number of rotatable bonds is 5. The predicted molar refractivity (Wildman–Crippen MR) is 104 cm³/mol. The van der Waals surface area contributed by atoms with E-state index in [2.05, 4.69) is 30.4 Å². The molecular weight excluding hydrogens is 326 g/mol. The van der Waals surface area contributed by atoms with Crippen LogP contribution in [0.1, 0.15) is 42.6 Å². The molecule has 1 saturated heterocycles. The largest absolute Gasteiger partial charge is 0.367 e. The lowest BCUT2D eigenvalue weighted by molar-refractivity contribution is 0.208. The van der Waals surface area contributed by atoms with Gasteiger partial charge in [0.25, 0.3) is 0 Å². The molecule has 1 aliphatic carbocycles. The molecule has 0 radical (unpaired) electrons. The van der Waals surface area contributed by atoms with Crippen molar-refractivity contribution >= 4 is 11.6 Å². The van der Waals surface area contributed by atoms with Gasteiger partial charge in [-0.2, -0.15) is 5.10 Å². The van der Waals surface area contributed by atoms with Crippen LogP contribution in [0.2, 0.25) is 0 Å². The Morgan fingerprint density at radius 2 is 2.00 bits per heavy atom. The fraction of sp³-hybridized carbons (Fsp3) is 0.632. The maximum absolute atomic E-state index is 4.60. The predicted octanol–water partition coefficient (Wildman–Crippen LogP) is 2.22. The molecule has 3 heterocycles. The molecule has 26 heavy (non-hydrogen) atoms. The topological polar surface area (TPSA) is 73.0 Å². The van der Waals surface area contributed by atoms with Gasteiger partial charge in [-0.05, 0) is 44.1 Å². The summed E-state index contributed by atoms with van der Waals surface area (Å²) in [5, 5.41) is 11.4. The summed E-state index contributed by atoms with van der Waals surface area (Å²) in [5.74, 6) is 1.85. The summed E-state index contributed by atoms with van der Waals surface area (Å²) >= 11 is 0. The van der Waals surface area contributed by atoms with Crippen LogP contribution in [0.5, 0.6) is 0 Å². The maximum atomic E-state index is 4.60. The molecule has 7 nitrogen and oxygen atoms in total. The molecule has 140 valence electrons. The molecule has 0 amide bonds. The minimum atomic E-state index is 0.476. The van der Waals surface area contributed by atoms with Crippen LogP contribution in [0, 0.1) is 0 Å². The van der Waals surface area contributed by atoms with Gasteiger partial charge >= 0.3 is 0 Å². The first-order chi connectivity index (χ1) is 12.7. The van der Waals surface area contributed by atoms with E-state index in [4.69, 9.17) is 0 Å². The van der Waals surface area contributed by atoms with Crippen LogP contribution in [0.4, 0.5) is 11.6 Å². The lowest BCUT2D eigenvalue weighted by Crippen LogP contribution is -2.39. The monoisotopic (exact) mass is 355 g/mol. The van der Waals surface area contributed by atoms with Gasteiger partial charge in [0.1, 0.15) is 18.0 Å². The molecular formula is C19H29N7. The van der Waals surface area contributed by atoms with Gasteiger partial charge < -0.3 is 10.2 Å². The first-order valence-corrected chi connectivity index (χ1v) is 9.72. The molecule has 2 N–H and O–H groups in total. The number of piperidine rings is 1. The molecule has 2 aromatic rings. The fourth-order valence-electron chi connectivity index (χ4n) is 4.01. The summed E-state index contributed by atoms with van der Waals surface area (Å²) in [6.07, 6.45) is 8.86. The summed E-state index contributed by atoms with van der Waals surface area (Å²) in [6.45, 7) is 3.19. The lowest BCUT2D eigenvalue weighted by atomic mass is 9.95. The third kappa shape index (κ3) is 3.82. The molecule has 2 aliphatic rings. The van der Waals surface area contributed by atoms with E-state index in [9.17, 15) is 0 Å². The zero-order chi connectivity index (χ0) is 17.9. The molecule has 1 aliphatic heterocycles. The Balaban J connectivity index is 1.30. The fourth-order valence-corrected chi connectivity index (χ4v) is 4.01. The number of aromatic amines is 1. The van der Waals surface area contributed by atoms with Gasteiger partial charge in [-0.25, -0.2) is 9.97 Å². The summed E-state index contributed by atoms with van der Waals surface area (Å²) in [4.78, 5) is 13.2. The summed E-state index contributed by atoms with van der Waals surface area (Å²) in [7, 11) is 4.00. The minimum Gasteiger partial charge on any atom is -0.367 e. The Morgan fingerprint density at radius 1 is 1.19 bits per heavy atom. The average molecular weight is 355 g/mol. The Labute approximate surface area is 155 Å². The van der Waals surface area contributed by atoms with E-state index in [1.54, 1.807) is 6.33 Å². The third-order valence-electron chi connectivity index (χ3n) is 5.57. The average Bonchev–Trinajstić information content (AvgIpc) is 3.07.